The summed E-state index contributed by atoms with van der Waals surface area (Å²) in [6, 6.07) is 0. The second-order valence-corrected chi connectivity index (χ2v) is 6.31. The van der Waals surface area contributed by atoms with E-state index >= 15 is 0 Å². The lowest BCUT2D eigenvalue weighted by atomic mass is 10.2. The van der Waals surface area contributed by atoms with E-state index in [0.717, 1.165) is 11.8 Å². The number of aliphatic hydroxyl groups is 1. The third-order valence-corrected chi connectivity index (χ3v) is 4.40. The molecule has 0 saturated carbocycles. The predicted molar refractivity (Wildman–Crippen MR) is 76.3 cm³/mol. The number of ether oxygens (including phenoxy) is 2. The first-order valence-electron chi connectivity index (χ1n) is 6.83. The zero-order valence-corrected chi connectivity index (χ0v) is 12.4. The maximum atomic E-state index is 9.76. The molecule has 0 amide bonds. The Hall–Kier alpha value is 0.190. The van der Waals surface area contributed by atoms with Crippen LogP contribution in [0.2, 0.25) is 0 Å². The number of nitrogens with one attached hydrogen (secondary N) is 1. The molecule has 0 aliphatic carbocycles. The molecule has 18 heavy (non-hydrogen) atoms. The summed E-state index contributed by atoms with van der Waals surface area (Å²) in [6.07, 6.45) is 3.61. The van der Waals surface area contributed by atoms with Crippen molar-refractivity contribution in [2.45, 2.75) is 43.6 Å². The van der Waals surface area contributed by atoms with Crippen LogP contribution in [0, 0.1) is 0 Å². The zero-order chi connectivity index (χ0) is 13.2. The van der Waals surface area contributed by atoms with Gasteiger partial charge in [0.25, 0.3) is 0 Å². The Bertz CT molecular complexity index is 201. The molecule has 108 valence electrons. The molecule has 0 radical (unpaired) electrons. The number of rotatable bonds is 9. The molecular weight excluding hydrogens is 250 g/mol. The molecule has 1 fully saturated rings. The van der Waals surface area contributed by atoms with Crippen LogP contribution in [-0.2, 0) is 9.47 Å². The normalized spacial score (nSPS) is 23.8. The minimum absolute atomic E-state index is 0.0403. The van der Waals surface area contributed by atoms with Gasteiger partial charge in [0.1, 0.15) is 0 Å². The minimum atomic E-state index is -0.433. The average molecular weight is 277 g/mol. The molecule has 0 aromatic heterocycles. The van der Waals surface area contributed by atoms with Crippen molar-refractivity contribution < 1.29 is 14.6 Å². The molecule has 1 heterocycles. The molecule has 0 aromatic rings. The Morgan fingerprint density at radius 1 is 1.39 bits per heavy atom. The standard InChI is InChI=1S/C13H27NO3S/c1-11(9-16-2)17-10-12(15)7-14-8-13-5-3-4-6-18-13/h11-15H,3-10H2,1-2H3. The summed E-state index contributed by atoms with van der Waals surface area (Å²) in [5, 5.41) is 13.8. The maximum absolute atomic E-state index is 9.76. The number of hydrogen-bond acceptors (Lipinski definition) is 5. The SMILES string of the molecule is COCC(C)OCC(O)CNCC1CCCCS1. The van der Waals surface area contributed by atoms with Crippen LogP contribution >= 0.6 is 11.8 Å². The average Bonchev–Trinajstić information content (AvgIpc) is 2.38. The van der Waals surface area contributed by atoms with Crippen LogP contribution in [0.15, 0.2) is 0 Å². The third-order valence-electron chi connectivity index (χ3n) is 3.00. The van der Waals surface area contributed by atoms with E-state index in [1.54, 1.807) is 7.11 Å². The van der Waals surface area contributed by atoms with Crippen molar-refractivity contribution in [1.82, 2.24) is 5.32 Å². The number of methoxy groups -OCH3 is 1. The van der Waals surface area contributed by atoms with Gasteiger partial charge >= 0.3 is 0 Å². The van der Waals surface area contributed by atoms with E-state index in [9.17, 15) is 5.11 Å². The Balaban J connectivity index is 1.97. The van der Waals surface area contributed by atoms with Crippen molar-refractivity contribution in [1.29, 1.82) is 0 Å². The van der Waals surface area contributed by atoms with Crippen molar-refractivity contribution in [3.05, 3.63) is 0 Å². The van der Waals surface area contributed by atoms with Crippen LogP contribution in [-0.4, -0.2) is 61.7 Å². The van der Waals surface area contributed by atoms with Gasteiger partial charge in [-0.1, -0.05) is 6.42 Å². The highest BCUT2D eigenvalue weighted by atomic mass is 32.2. The van der Waals surface area contributed by atoms with Gasteiger partial charge in [0.2, 0.25) is 0 Å². The predicted octanol–water partition coefficient (Wildman–Crippen LogP) is 1.27. The fraction of sp³-hybridized carbons (Fsp3) is 1.00. The first kappa shape index (κ1) is 16.2. The largest absolute Gasteiger partial charge is 0.389 e. The monoisotopic (exact) mass is 277 g/mol. The molecule has 0 spiro atoms. The molecule has 0 bridgehead atoms. The summed E-state index contributed by atoms with van der Waals surface area (Å²) in [6.45, 7) is 4.49. The minimum Gasteiger partial charge on any atom is -0.389 e. The fourth-order valence-electron chi connectivity index (χ4n) is 2.00. The Morgan fingerprint density at radius 3 is 2.89 bits per heavy atom. The summed E-state index contributed by atoms with van der Waals surface area (Å²) >= 11 is 2.05. The molecular formula is C13H27NO3S. The zero-order valence-electron chi connectivity index (χ0n) is 11.6. The van der Waals surface area contributed by atoms with Gasteiger partial charge in [0, 0.05) is 25.4 Å². The fourth-order valence-corrected chi connectivity index (χ4v) is 3.27. The van der Waals surface area contributed by atoms with Gasteiger partial charge in [0.05, 0.1) is 25.4 Å². The summed E-state index contributed by atoms with van der Waals surface area (Å²) in [4.78, 5) is 0. The third kappa shape index (κ3) is 7.59. The van der Waals surface area contributed by atoms with Gasteiger partial charge in [0.15, 0.2) is 0 Å². The van der Waals surface area contributed by atoms with Crippen LogP contribution < -0.4 is 5.32 Å². The van der Waals surface area contributed by atoms with E-state index in [1.165, 1.54) is 25.0 Å². The van der Waals surface area contributed by atoms with Gasteiger partial charge in [-0.15, -0.1) is 0 Å². The van der Waals surface area contributed by atoms with Crippen LogP contribution in [0.1, 0.15) is 26.2 Å². The summed E-state index contributed by atoms with van der Waals surface area (Å²) < 4.78 is 10.4. The number of thioether (sulfide) groups is 1. The second kappa shape index (κ2) is 10.0. The second-order valence-electron chi connectivity index (χ2n) is 4.90. The quantitative estimate of drug-likeness (QED) is 0.665. The van der Waals surface area contributed by atoms with Crippen LogP contribution in [0.4, 0.5) is 0 Å². The summed E-state index contributed by atoms with van der Waals surface area (Å²) in [5.41, 5.74) is 0. The molecule has 1 rings (SSSR count). The highest BCUT2D eigenvalue weighted by Gasteiger charge is 2.14. The van der Waals surface area contributed by atoms with Crippen LogP contribution in [0.5, 0.6) is 0 Å². The van der Waals surface area contributed by atoms with Crippen molar-refractivity contribution in [2.75, 3.05) is 39.2 Å². The first-order valence-corrected chi connectivity index (χ1v) is 7.88. The molecule has 1 aliphatic heterocycles. The maximum Gasteiger partial charge on any atom is 0.0897 e. The highest BCUT2D eigenvalue weighted by molar-refractivity contribution is 7.99. The molecule has 3 atom stereocenters. The molecule has 1 saturated heterocycles. The van der Waals surface area contributed by atoms with Gasteiger partial charge in [-0.3, -0.25) is 0 Å². The Labute approximate surface area is 115 Å². The van der Waals surface area contributed by atoms with Gasteiger partial charge < -0.3 is 19.9 Å². The highest BCUT2D eigenvalue weighted by Crippen LogP contribution is 2.24. The summed E-state index contributed by atoms with van der Waals surface area (Å²) in [7, 11) is 1.65. The van der Waals surface area contributed by atoms with E-state index < -0.39 is 6.10 Å². The van der Waals surface area contributed by atoms with Gasteiger partial charge in [-0.25, -0.2) is 0 Å². The van der Waals surface area contributed by atoms with Crippen molar-refractivity contribution in [3.8, 4) is 0 Å². The Morgan fingerprint density at radius 2 is 2.22 bits per heavy atom. The van der Waals surface area contributed by atoms with E-state index in [-0.39, 0.29) is 6.10 Å². The number of hydrogen-bond donors (Lipinski definition) is 2. The molecule has 4 nitrogen and oxygen atoms in total. The Kier molecular flexibility index (Phi) is 9.06. The van der Waals surface area contributed by atoms with Crippen molar-refractivity contribution in [3.63, 3.8) is 0 Å². The van der Waals surface area contributed by atoms with Crippen molar-refractivity contribution >= 4 is 11.8 Å². The van der Waals surface area contributed by atoms with E-state index in [1.807, 2.05) is 18.7 Å². The van der Waals surface area contributed by atoms with E-state index in [2.05, 4.69) is 5.32 Å². The molecule has 0 aromatic carbocycles. The lowest BCUT2D eigenvalue weighted by Crippen LogP contribution is -2.36. The van der Waals surface area contributed by atoms with Crippen LogP contribution in [0.3, 0.4) is 0 Å². The van der Waals surface area contributed by atoms with Crippen LogP contribution in [0.25, 0.3) is 0 Å². The van der Waals surface area contributed by atoms with Gasteiger partial charge in [-0.2, -0.15) is 11.8 Å². The molecule has 2 N–H and O–H groups in total. The summed E-state index contributed by atoms with van der Waals surface area (Å²) in [5.74, 6) is 1.28. The van der Waals surface area contributed by atoms with Gasteiger partial charge in [-0.05, 0) is 25.5 Å². The molecule has 5 heteroatoms. The first-order chi connectivity index (χ1) is 8.72. The topological polar surface area (TPSA) is 50.7 Å². The number of aliphatic hydroxyl groups excluding tert-OH is 1. The smallest absolute Gasteiger partial charge is 0.0897 e. The molecule has 3 unspecified atom stereocenters. The van der Waals surface area contributed by atoms with E-state index in [0.29, 0.717) is 19.8 Å². The molecule has 1 aliphatic rings. The van der Waals surface area contributed by atoms with E-state index in [4.69, 9.17) is 9.47 Å². The lowest BCUT2D eigenvalue weighted by molar-refractivity contribution is -0.0310. The lowest BCUT2D eigenvalue weighted by Gasteiger charge is -2.22. The van der Waals surface area contributed by atoms with Crippen molar-refractivity contribution in [2.24, 2.45) is 0 Å².